The van der Waals surface area contributed by atoms with Crippen LogP contribution in [-0.4, -0.2) is 63.6 Å². The third-order valence-electron chi connectivity index (χ3n) is 6.78. The average Bonchev–Trinajstić information content (AvgIpc) is 3.41. The second-order valence-corrected chi connectivity index (χ2v) is 9.73. The zero-order chi connectivity index (χ0) is 21.2. The van der Waals surface area contributed by atoms with Gasteiger partial charge in [-0.05, 0) is 43.9 Å². The molecule has 0 unspecified atom stereocenters. The topological polar surface area (TPSA) is 95.0 Å². The first-order chi connectivity index (χ1) is 13.7. The number of carboxylic acid groups (broad SMARTS) is 1. The lowest BCUT2D eigenvalue weighted by Gasteiger charge is -2.32. The lowest BCUT2D eigenvalue weighted by Crippen LogP contribution is -2.45. The first kappa shape index (κ1) is 21.8. The molecule has 0 spiro atoms. The predicted molar refractivity (Wildman–Crippen MR) is 107 cm³/mol. The molecular formula is C22H34N2O5. The average molecular weight is 407 g/mol. The Morgan fingerprint density at radius 2 is 1.28 bits per heavy atom. The number of ketones is 1. The van der Waals surface area contributed by atoms with Crippen molar-refractivity contribution in [3.05, 3.63) is 0 Å². The van der Waals surface area contributed by atoms with E-state index in [0.29, 0.717) is 25.9 Å². The second kappa shape index (κ2) is 8.84. The molecule has 0 aromatic carbocycles. The number of amides is 2. The van der Waals surface area contributed by atoms with Crippen LogP contribution in [0.1, 0.15) is 78.1 Å². The molecule has 1 aliphatic carbocycles. The number of likely N-dealkylation sites (tertiary alicyclic amines) is 2. The molecule has 0 aromatic heterocycles. The standard InChI is InChI=1S/C22H34N2O5/c1-22(2,14-19(26)24-12-6-10-17(24)21(28)29)13-18(25)23-11-5-9-16(23)20(27)15-7-3-4-8-15/h15-17H,3-14H2,1-2H3,(H,28,29)/t16-,17-/m0/s1. The van der Waals surface area contributed by atoms with E-state index in [1.807, 2.05) is 13.8 Å². The largest absolute Gasteiger partial charge is 0.480 e. The van der Waals surface area contributed by atoms with Crippen molar-refractivity contribution >= 4 is 23.6 Å². The van der Waals surface area contributed by atoms with Gasteiger partial charge >= 0.3 is 5.97 Å². The molecule has 3 fully saturated rings. The first-order valence-electron chi connectivity index (χ1n) is 11.0. The van der Waals surface area contributed by atoms with Gasteiger partial charge in [-0.3, -0.25) is 14.4 Å². The molecule has 2 saturated heterocycles. The van der Waals surface area contributed by atoms with E-state index in [9.17, 15) is 24.3 Å². The SMILES string of the molecule is CC(C)(CC(=O)N1CCC[C@H]1C(=O)O)CC(=O)N1CCC[C@H]1C(=O)C1CCCC1. The van der Waals surface area contributed by atoms with Crippen molar-refractivity contribution in [3.63, 3.8) is 0 Å². The van der Waals surface area contributed by atoms with Gasteiger partial charge in [-0.15, -0.1) is 0 Å². The van der Waals surface area contributed by atoms with Crippen LogP contribution in [0.5, 0.6) is 0 Å². The fraction of sp³-hybridized carbons (Fsp3) is 0.818. The molecule has 0 bridgehead atoms. The summed E-state index contributed by atoms with van der Waals surface area (Å²) in [6.07, 6.45) is 7.18. The smallest absolute Gasteiger partial charge is 0.326 e. The van der Waals surface area contributed by atoms with Gasteiger partial charge in [-0.2, -0.15) is 0 Å². The van der Waals surface area contributed by atoms with Crippen LogP contribution in [0.25, 0.3) is 0 Å². The van der Waals surface area contributed by atoms with E-state index in [1.165, 1.54) is 4.90 Å². The minimum atomic E-state index is -0.963. The molecule has 2 aliphatic heterocycles. The second-order valence-electron chi connectivity index (χ2n) is 9.73. The van der Waals surface area contributed by atoms with Crippen molar-refractivity contribution in [3.8, 4) is 0 Å². The van der Waals surface area contributed by atoms with E-state index in [0.717, 1.165) is 38.5 Å². The van der Waals surface area contributed by atoms with E-state index in [4.69, 9.17) is 0 Å². The van der Waals surface area contributed by atoms with E-state index in [-0.39, 0.29) is 42.4 Å². The normalized spacial score (nSPS) is 25.6. The van der Waals surface area contributed by atoms with Crippen LogP contribution in [0.2, 0.25) is 0 Å². The van der Waals surface area contributed by atoms with Gasteiger partial charge in [0.1, 0.15) is 6.04 Å². The van der Waals surface area contributed by atoms with Gasteiger partial charge in [0.15, 0.2) is 5.78 Å². The van der Waals surface area contributed by atoms with E-state index in [2.05, 4.69) is 0 Å². The molecule has 1 N–H and O–H groups in total. The minimum absolute atomic E-state index is 0.0622. The van der Waals surface area contributed by atoms with Gasteiger partial charge in [0, 0.05) is 31.8 Å². The number of rotatable bonds is 7. The van der Waals surface area contributed by atoms with Crippen LogP contribution in [0.3, 0.4) is 0 Å². The summed E-state index contributed by atoms with van der Waals surface area (Å²) in [6.45, 7) is 4.82. The molecular weight excluding hydrogens is 372 g/mol. The summed E-state index contributed by atoms with van der Waals surface area (Å²) in [5.74, 6) is -0.898. The maximum absolute atomic E-state index is 13.0. The highest BCUT2D eigenvalue weighted by atomic mass is 16.4. The molecule has 0 aromatic rings. The summed E-state index contributed by atoms with van der Waals surface area (Å²) in [7, 11) is 0. The van der Waals surface area contributed by atoms with E-state index >= 15 is 0 Å². The van der Waals surface area contributed by atoms with Crippen molar-refractivity contribution in [1.29, 1.82) is 0 Å². The zero-order valence-electron chi connectivity index (χ0n) is 17.7. The lowest BCUT2D eigenvalue weighted by molar-refractivity contribution is -0.149. The number of carbonyl (C=O) groups excluding carboxylic acids is 3. The molecule has 2 heterocycles. The highest BCUT2D eigenvalue weighted by Gasteiger charge is 2.41. The van der Waals surface area contributed by atoms with E-state index < -0.39 is 17.4 Å². The van der Waals surface area contributed by atoms with Crippen LogP contribution in [0.15, 0.2) is 0 Å². The molecule has 162 valence electrons. The van der Waals surface area contributed by atoms with Crippen LogP contribution in [0.4, 0.5) is 0 Å². The van der Waals surface area contributed by atoms with Gasteiger partial charge < -0.3 is 14.9 Å². The summed E-state index contributed by atoms with van der Waals surface area (Å²) < 4.78 is 0. The maximum atomic E-state index is 13.0. The number of hydrogen-bond acceptors (Lipinski definition) is 4. The van der Waals surface area contributed by atoms with Crippen molar-refractivity contribution in [2.45, 2.75) is 90.1 Å². The van der Waals surface area contributed by atoms with Gasteiger partial charge in [0.25, 0.3) is 0 Å². The van der Waals surface area contributed by atoms with Crippen molar-refractivity contribution < 1.29 is 24.3 Å². The molecule has 29 heavy (non-hydrogen) atoms. The fourth-order valence-corrected chi connectivity index (χ4v) is 5.25. The van der Waals surface area contributed by atoms with Crippen molar-refractivity contribution in [2.75, 3.05) is 13.1 Å². The summed E-state index contributed by atoms with van der Waals surface area (Å²) in [4.78, 5) is 53.1. The third-order valence-corrected chi connectivity index (χ3v) is 6.78. The Morgan fingerprint density at radius 1 is 0.793 bits per heavy atom. The number of carboxylic acids is 1. The number of Topliss-reactive ketones (excluding diaryl/α,β-unsaturated/α-hetero) is 1. The predicted octanol–water partition coefficient (Wildman–Crippen LogP) is 2.62. The molecule has 1 saturated carbocycles. The summed E-state index contributed by atoms with van der Waals surface area (Å²) in [5.41, 5.74) is -0.580. The van der Waals surface area contributed by atoms with Crippen LogP contribution in [0, 0.1) is 11.3 Å². The number of nitrogens with zero attached hydrogens (tertiary/aromatic N) is 2. The first-order valence-corrected chi connectivity index (χ1v) is 11.0. The Balaban J connectivity index is 1.58. The number of aliphatic carboxylic acids is 1. The lowest BCUT2D eigenvalue weighted by atomic mass is 9.84. The molecule has 2 atom stereocenters. The Bertz CT molecular complexity index is 668. The van der Waals surface area contributed by atoms with Gasteiger partial charge in [0.2, 0.25) is 11.8 Å². The Hall–Kier alpha value is -1.92. The van der Waals surface area contributed by atoms with Gasteiger partial charge in [-0.25, -0.2) is 4.79 Å². The summed E-state index contributed by atoms with van der Waals surface area (Å²) in [5, 5.41) is 9.30. The highest BCUT2D eigenvalue weighted by Crippen LogP contribution is 2.34. The Kier molecular flexibility index (Phi) is 6.64. The molecule has 2 amide bonds. The monoisotopic (exact) mass is 406 g/mol. The molecule has 7 heteroatoms. The third kappa shape index (κ3) is 4.98. The van der Waals surface area contributed by atoms with Crippen molar-refractivity contribution in [1.82, 2.24) is 9.80 Å². The summed E-state index contributed by atoms with van der Waals surface area (Å²) >= 11 is 0. The molecule has 3 rings (SSSR count). The molecule has 0 radical (unpaired) electrons. The summed E-state index contributed by atoms with van der Waals surface area (Å²) in [6, 6.07) is -1.05. The number of hydrogen-bond donors (Lipinski definition) is 1. The van der Waals surface area contributed by atoms with Crippen LogP contribution >= 0.6 is 0 Å². The maximum Gasteiger partial charge on any atom is 0.326 e. The Labute approximate surface area is 172 Å². The molecule has 7 nitrogen and oxygen atoms in total. The van der Waals surface area contributed by atoms with Crippen LogP contribution in [-0.2, 0) is 19.2 Å². The van der Waals surface area contributed by atoms with Gasteiger partial charge in [-0.1, -0.05) is 26.7 Å². The fourth-order valence-electron chi connectivity index (χ4n) is 5.25. The number of carbonyl (C=O) groups is 4. The van der Waals surface area contributed by atoms with Gasteiger partial charge in [0.05, 0.1) is 6.04 Å². The van der Waals surface area contributed by atoms with Crippen LogP contribution < -0.4 is 0 Å². The highest BCUT2D eigenvalue weighted by molar-refractivity contribution is 5.91. The van der Waals surface area contributed by atoms with Crippen molar-refractivity contribution in [2.24, 2.45) is 11.3 Å². The molecule has 3 aliphatic rings. The van der Waals surface area contributed by atoms with E-state index in [1.54, 1.807) is 4.90 Å². The zero-order valence-corrected chi connectivity index (χ0v) is 17.7. The Morgan fingerprint density at radius 3 is 1.79 bits per heavy atom. The quantitative estimate of drug-likeness (QED) is 0.701. The minimum Gasteiger partial charge on any atom is -0.480 e.